The molecule has 3 amide bonds. The van der Waals surface area contributed by atoms with Crippen molar-refractivity contribution in [1.82, 2.24) is 5.32 Å². The lowest BCUT2D eigenvalue weighted by Gasteiger charge is -2.08. The summed E-state index contributed by atoms with van der Waals surface area (Å²) in [4.78, 5) is 47.2. The molecule has 0 bridgehead atoms. The van der Waals surface area contributed by atoms with Gasteiger partial charge in [0.2, 0.25) is 5.91 Å². The van der Waals surface area contributed by atoms with Crippen molar-refractivity contribution in [3.63, 3.8) is 0 Å². The van der Waals surface area contributed by atoms with Crippen LogP contribution in [0, 0.1) is 0 Å². The van der Waals surface area contributed by atoms with Crippen molar-refractivity contribution in [1.29, 1.82) is 0 Å². The second-order valence-corrected chi connectivity index (χ2v) is 5.71. The van der Waals surface area contributed by atoms with Crippen molar-refractivity contribution in [3.8, 4) is 5.75 Å². The van der Waals surface area contributed by atoms with Crippen molar-refractivity contribution in [2.45, 2.75) is 6.92 Å². The highest BCUT2D eigenvalue weighted by Crippen LogP contribution is 2.14. The molecule has 2 rings (SSSR count). The number of carbonyl (C=O) groups excluding carboxylic acids is 4. The highest BCUT2D eigenvalue weighted by atomic mass is 16.5. The molecule has 0 spiro atoms. The molecule has 0 saturated carbocycles. The van der Waals surface area contributed by atoms with E-state index in [0.717, 1.165) is 0 Å². The van der Waals surface area contributed by atoms with Gasteiger partial charge in [-0.05, 0) is 55.5 Å². The number of ether oxygens (including phenoxy) is 2. The smallest absolute Gasteiger partial charge is 0.338 e. The average molecular weight is 399 g/mol. The van der Waals surface area contributed by atoms with E-state index >= 15 is 0 Å². The number of rotatable bonds is 7. The third kappa shape index (κ3) is 6.65. The predicted octanol–water partition coefficient (Wildman–Crippen LogP) is 1.57. The van der Waals surface area contributed by atoms with E-state index in [-0.39, 0.29) is 6.61 Å². The highest BCUT2D eigenvalue weighted by Gasteiger charge is 2.15. The van der Waals surface area contributed by atoms with Crippen LogP contribution in [0.3, 0.4) is 0 Å². The molecule has 0 aliphatic carbocycles. The lowest BCUT2D eigenvalue weighted by atomic mass is 10.2. The fraction of sp³-hybridized carbons (Fsp3) is 0.200. The third-order valence-corrected chi connectivity index (χ3v) is 3.64. The molecule has 0 aliphatic rings. The fourth-order valence-electron chi connectivity index (χ4n) is 2.21. The Bertz CT molecular complexity index is 878. The maximum Gasteiger partial charge on any atom is 0.338 e. The maximum atomic E-state index is 11.9. The topological polar surface area (TPSA) is 123 Å². The number of benzene rings is 2. The van der Waals surface area contributed by atoms with E-state index in [1.54, 1.807) is 31.2 Å². The predicted molar refractivity (Wildman–Crippen MR) is 106 cm³/mol. The summed E-state index contributed by atoms with van der Waals surface area (Å²) >= 11 is 0. The zero-order valence-electron chi connectivity index (χ0n) is 16.0. The monoisotopic (exact) mass is 399 g/mol. The molecule has 0 radical (unpaired) electrons. The van der Waals surface area contributed by atoms with Crippen LogP contribution in [0.25, 0.3) is 0 Å². The van der Waals surface area contributed by atoms with E-state index in [1.165, 1.54) is 31.4 Å². The summed E-state index contributed by atoms with van der Waals surface area (Å²) in [6.07, 6.45) is 0. The van der Waals surface area contributed by atoms with E-state index in [9.17, 15) is 19.2 Å². The Morgan fingerprint density at radius 2 is 1.41 bits per heavy atom. The summed E-state index contributed by atoms with van der Waals surface area (Å²) in [5.41, 5.74) is 1.20. The molecule has 0 saturated heterocycles. The van der Waals surface area contributed by atoms with Gasteiger partial charge in [0.15, 0.2) is 0 Å². The van der Waals surface area contributed by atoms with Crippen LogP contribution in [0.2, 0.25) is 0 Å². The Labute approximate surface area is 167 Å². The molecular weight excluding hydrogens is 378 g/mol. The largest absolute Gasteiger partial charge is 0.497 e. The fourth-order valence-corrected chi connectivity index (χ4v) is 2.21. The normalized spacial score (nSPS) is 9.86. The lowest BCUT2D eigenvalue weighted by molar-refractivity contribution is -0.136. The van der Waals surface area contributed by atoms with Crippen LogP contribution in [0.15, 0.2) is 48.5 Å². The number of hydrogen-bond donors (Lipinski definition) is 3. The quantitative estimate of drug-likeness (QED) is 0.480. The van der Waals surface area contributed by atoms with E-state index in [2.05, 4.69) is 16.0 Å². The van der Waals surface area contributed by atoms with E-state index < -0.39 is 30.2 Å². The molecule has 2 aromatic carbocycles. The van der Waals surface area contributed by atoms with Crippen molar-refractivity contribution >= 4 is 35.1 Å². The van der Waals surface area contributed by atoms with Gasteiger partial charge in [0.05, 0.1) is 25.8 Å². The summed E-state index contributed by atoms with van der Waals surface area (Å²) < 4.78 is 9.88. The number of nitrogens with one attached hydrogen (secondary N) is 3. The number of esters is 1. The van der Waals surface area contributed by atoms with Gasteiger partial charge in [-0.15, -0.1) is 0 Å². The maximum absolute atomic E-state index is 11.9. The lowest BCUT2D eigenvalue weighted by Crippen LogP contribution is -2.39. The second kappa shape index (κ2) is 10.5. The van der Waals surface area contributed by atoms with Gasteiger partial charge in [-0.1, -0.05) is 0 Å². The molecule has 9 nitrogen and oxygen atoms in total. The number of amides is 3. The van der Waals surface area contributed by atoms with Gasteiger partial charge in [0, 0.05) is 11.4 Å². The van der Waals surface area contributed by atoms with Crippen LogP contribution in [-0.2, 0) is 19.1 Å². The van der Waals surface area contributed by atoms with Crippen LogP contribution in [0.5, 0.6) is 5.75 Å². The Morgan fingerprint density at radius 1 is 0.828 bits per heavy atom. The molecule has 152 valence electrons. The molecule has 0 unspecified atom stereocenters. The minimum absolute atomic E-state index is 0.267. The van der Waals surface area contributed by atoms with E-state index in [4.69, 9.17) is 9.47 Å². The van der Waals surface area contributed by atoms with Gasteiger partial charge in [0.1, 0.15) is 5.75 Å². The standard InChI is InChI=1S/C20H21N3O6/c1-3-29-20(27)13-4-6-14(7-5-13)22-17(24)12-21-18(25)19(26)23-15-8-10-16(28-2)11-9-15/h4-11H,3,12H2,1-2H3,(H,21,25)(H,22,24)(H,23,26). The zero-order chi connectivity index (χ0) is 21.2. The van der Waals surface area contributed by atoms with Crippen molar-refractivity contribution < 1.29 is 28.7 Å². The van der Waals surface area contributed by atoms with Gasteiger partial charge in [-0.3, -0.25) is 14.4 Å². The molecule has 0 heterocycles. The highest BCUT2D eigenvalue weighted by molar-refractivity contribution is 6.39. The Kier molecular flexibility index (Phi) is 7.72. The van der Waals surface area contributed by atoms with Crippen LogP contribution in [0.1, 0.15) is 17.3 Å². The van der Waals surface area contributed by atoms with E-state index in [0.29, 0.717) is 22.7 Å². The second-order valence-electron chi connectivity index (χ2n) is 5.71. The SMILES string of the molecule is CCOC(=O)c1ccc(NC(=O)CNC(=O)C(=O)Nc2ccc(OC)cc2)cc1. The van der Waals surface area contributed by atoms with Crippen molar-refractivity contribution in [2.24, 2.45) is 0 Å². The Balaban J connectivity index is 1.79. The van der Waals surface area contributed by atoms with Gasteiger partial charge in [-0.2, -0.15) is 0 Å². The Hall–Kier alpha value is -3.88. The van der Waals surface area contributed by atoms with E-state index in [1.807, 2.05) is 0 Å². The summed E-state index contributed by atoms with van der Waals surface area (Å²) in [5.74, 6) is -2.23. The van der Waals surface area contributed by atoms with Crippen LogP contribution >= 0.6 is 0 Å². The molecular formula is C20H21N3O6. The van der Waals surface area contributed by atoms with Crippen molar-refractivity contribution in [2.75, 3.05) is 30.9 Å². The summed E-state index contributed by atoms with van der Waals surface area (Å²) in [5, 5.41) is 7.19. The molecule has 3 N–H and O–H groups in total. The molecule has 2 aromatic rings. The Morgan fingerprint density at radius 3 is 2.00 bits per heavy atom. The first-order valence-electron chi connectivity index (χ1n) is 8.73. The average Bonchev–Trinajstić information content (AvgIpc) is 2.73. The summed E-state index contributed by atoms with van der Waals surface area (Å²) in [6, 6.07) is 12.5. The molecule has 0 atom stereocenters. The molecule has 29 heavy (non-hydrogen) atoms. The number of carbonyl (C=O) groups is 4. The number of hydrogen-bond acceptors (Lipinski definition) is 6. The van der Waals surface area contributed by atoms with Gasteiger partial charge in [0.25, 0.3) is 0 Å². The number of anilines is 2. The van der Waals surface area contributed by atoms with Crippen LogP contribution in [-0.4, -0.2) is 44.0 Å². The zero-order valence-corrected chi connectivity index (χ0v) is 16.0. The van der Waals surface area contributed by atoms with Gasteiger partial charge >= 0.3 is 17.8 Å². The first-order chi connectivity index (χ1) is 13.9. The minimum Gasteiger partial charge on any atom is -0.497 e. The first-order valence-corrected chi connectivity index (χ1v) is 8.73. The molecule has 0 fully saturated rings. The van der Waals surface area contributed by atoms with Crippen LogP contribution < -0.4 is 20.7 Å². The molecule has 0 aliphatic heterocycles. The summed E-state index contributed by atoms with van der Waals surface area (Å²) in [7, 11) is 1.51. The van der Waals surface area contributed by atoms with Gasteiger partial charge < -0.3 is 25.4 Å². The molecule has 0 aromatic heterocycles. The third-order valence-electron chi connectivity index (χ3n) is 3.64. The van der Waals surface area contributed by atoms with Crippen LogP contribution in [0.4, 0.5) is 11.4 Å². The first kappa shape index (κ1) is 21.4. The minimum atomic E-state index is -0.950. The number of methoxy groups -OCH3 is 1. The van der Waals surface area contributed by atoms with Crippen molar-refractivity contribution in [3.05, 3.63) is 54.1 Å². The van der Waals surface area contributed by atoms with Gasteiger partial charge in [-0.25, -0.2) is 4.79 Å². The summed E-state index contributed by atoms with van der Waals surface area (Å²) in [6.45, 7) is 1.58. The molecule has 9 heteroatoms.